The van der Waals surface area contributed by atoms with Gasteiger partial charge in [0.25, 0.3) is 0 Å². The van der Waals surface area contributed by atoms with Crippen molar-refractivity contribution >= 4 is 17.5 Å². The maximum Gasteiger partial charge on any atom is 0.237 e. The molecule has 2 N–H and O–H groups in total. The Kier molecular flexibility index (Phi) is 4.96. The predicted octanol–water partition coefficient (Wildman–Crippen LogP) is 2.00. The molecule has 2 amide bonds. The first kappa shape index (κ1) is 16.0. The van der Waals surface area contributed by atoms with E-state index in [1.165, 1.54) is 0 Å². The van der Waals surface area contributed by atoms with Crippen LogP contribution < -0.4 is 10.6 Å². The Morgan fingerprint density at radius 3 is 2.35 bits per heavy atom. The van der Waals surface area contributed by atoms with Crippen molar-refractivity contribution in [2.75, 3.05) is 18.4 Å². The number of rotatable bonds is 5. The van der Waals surface area contributed by atoms with Crippen molar-refractivity contribution in [3.63, 3.8) is 0 Å². The van der Waals surface area contributed by atoms with Crippen molar-refractivity contribution in [3.8, 4) is 0 Å². The number of nitrogens with one attached hydrogen (secondary N) is 2. The van der Waals surface area contributed by atoms with Gasteiger partial charge >= 0.3 is 0 Å². The first-order chi connectivity index (χ1) is 11.1. The van der Waals surface area contributed by atoms with E-state index in [1.54, 1.807) is 0 Å². The van der Waals surface area contributed by atoms with Gasteiger partial charge in [0.15, 0.2) is 0 Å². The first-order valence-electron chi connectivity index (χ1n) is 8.54. The average molecular weight is 315 g/mol. The van der Waals surface area contributed by atoms with Gasteiger partial charge in [0.1, 0.15) is 0 Å². The molecule has 3 rings (SSSR count). The van der Waals surface area contributed by atoms with Crippen LogP contribution in [0.3, 0.4) is 0 Å². The van der Waals surface area contributed by atoms with Crippen LogP contribution in [-0.2, 0) is 9.59 Å². The second kappa shape index (κ2) is 7.13. The standard InChI is InChI=1S/C18H25N3O2/c1-13(17(22)19-16-7-8-16)21-11-9-14(10-12-21)18(23)20-15-5-3-2-4-6-15/h2-6,13-14,16H,7-12H2,1H3,(H,19,22)(H,20,23)/t13-/m1/s1. The van der Waals surface area contributed by atoms with E-state index in [1.807, 2.05) is 37.3 Å². The average Bonchev–Trinajstić information content (AvgIpc) is 3.39. The minimum absolute atomic E-state index is 0.0325. The molecule has 2 aliphatic rings. The molecule has 0 unspecified atom stereocenters. The monoisotopic (exact) mass is 315 g/mol. The van der Waals surface area contributed by atoms with Crippen LogP contribution in [0.15, 0.2) is 30.3 Å². The zero-order chi connectivity index (χ0) is 16.2. The Labute approximate surface area is 137 Å². The summed E-state index contributed by atoms with van der Waals surface area (Å²) in [6, 6.07) is 9.86. The maximum absolute atomic E-state index is 12.3. The third-order valence-corrected chi connectivity index (χ3v) is 4.79. The highest BCUT2D eigenvalue weighted by Crippen LogP contribution is 2.22. The smallest absolute Gasteiger partial charge is 0.237 e. The van der Waals surface area contributed by atoms with E-state index in [0.29, 0.717) is 6.04 Å². The Balaban J connectivity index is 1.45. The molecule has 1 aromatic carbocycles. The van der Waals surface area contributed by atoms with Crippen molar-refractivity contribution in [2.24, 2.45) is 5.92 Å². The molecule has 0 aromatic heterocycles. The molecule has 23 heavy (non-hydrogen) atoms. The number of carbonyl (C=O) groups is 2. The van der Waals surface area contributed by atoms with Crippen LogP contribution in [0.25, 0.3) is 0 Å². The van der Waals surface area contributed by atoms with Crippen molar-refractivity contribution in [2.45, 2.75) is 44.7 Å². The summed E-state index contributed by atoms with van der Waals surface area (Å²) < 4.78 is 0. The summed E-state index contributed by atoms with van der Waals surface area (Å²) in [5, 5.41) is 6.03. The molecule has 124 valence electrons. The lowest BCUT2D eigenvalue weighted by atomic mass is 9.94. The zero-order valence-corrected chi connectivity index (χ0v) is 13.6. The third kappa shape index (κ3) is 4.32. The van der Waals surface area contributed by atoms with E-state index in [-0.39, 0.29) is 23.8 Å². The van der Waals surface area contributed by atoms with E-state index in [4.69, 9.17) is 0 Å². The lowest BCUT2D eigenvalue weighted by molar-refractivity contribution is -0.127. The molecule has 1 aliphatic carbocycles. The minimum Gasteiger partial charge on any atom is -0.352 e. The summed E-state index contributed by atoms with van der Waals surface area (Å²) in [7, 11) is 0. The van der Waals surface area contributed by atoms with E-state index >= 15 is 0 Å². The van der Waals surface area contributed by atoms with Gasteiger partial charge in [-0.2, -0.15) is 0 Å². The predicted molar refractivity (Wildman–Crippen MR) is 90.0 cm³/mol. The van der Waals surface area contributed by atoms with Crippen LogP contribution >= 0.6 is 0 Å². The van der Waals surface area contributed by atoms with E-state index in [0.717, 1.165) is 44.5 Å². The van der Waals surface area contributed by atoms with Crippen LogP contribution in [0.4, 0.5) is 5.69 Å². The Hall–Kier alpha value is -1.88. The quantitative estimate of drug-likeness (QED) is 0.874. The largest absolute Gasteiger partial charge is 0.352 e. The second-order valence-electron chi connectivity index (χ2n) is 6.62. The van der Waals surface area contributed by atoms with Gasteiger partial charge in [-0.15, -0.1) is 0 Å². The zero-order valence-electron chi connectivity index (χ0n) is 13.6. The molecule has 1 atom stereocenters. The molecule has 2 fully saturated rings. The van der Waals surface area contributed by atoms with Gasteiger partial charge in [-0.25, -0.2) is 0 Å². The molecule has 0 radical (unpaired) electrons. The SMILES string of the molecule is C[C@H](C(=O)NC1CC1)N1CCC(C(=O)Nc2ccccc2)CC1. The third-order valence-electron chi connectivity index (χ3n) is 4.79. The summed E-state index contributed by atoms with van der Waals surface area (Å²) in [6.45, 7) is 3.56. The topological polar surface area (TPSA) is 61.4 Å². The highest BCUT2D eigenvalue weighted by atomic mass is 16.2. The number of nitrogens with zero attached hydrogens (tertiary/aromatic N) is 1. The summed E-state index contributed by atoms with van der Waals surface area (Å²) >= 11 is 0. The van der Waals surface area contributed by atoms with Crippen LogP contribution in [-0.4, -0.2) is 41.9 Å². The highest BCUT2D eigenvalue weighted by molar-refractivity contribution is 5.92. The van der Waals surface area contributed by atoms with Crippen LogP contribution in [0, 0.1) is 5.92 Å². The number of hydrogen-bond donors (Lipinski definition) is 2. The fourth-order valence-electron chi connectivity index (χ4n) is 3.03. The molecule has 5 heteroatoms. The highest BCUT2D eigenvalue weighted by Gasteiger charge is 2.32. The molecule has 1 saturated heterocycles. The molecule has 1 aliphatic heterocycles. The number of piperidine rings is 1. The van der Waals surface area contributed by atoms with Crippen LogP contribution in [0.1, 0.15) is 32.6 Å². The van der Waals surface area contributed by atoms with Gasteiger partial charge < -0.3 is 10.6 Å². The van der Waals surface area contributed by atoms with E-state index < -0.39 is 0 Å². The number of benzene rings is 1. The van der Waals surface area contributed by atoms with Crippen molar-refractivity contribution < 1.29 is 9.59 Å². The minimum atomic E-state index is -0.103. The van der Waals surface area contributed by atoms with Crippen molar-refractivity contribution in [3.05, 3.63) is 30.3 Å². The Morgan fingerprint density at radius 1 is 1.09 bits per heavy atom. The fraction of sp³-hybridized carbons (Fsp3) is 0.556. The number of amides is 2. The summed E-state index contributed by atoms with van der Waals surface area (Å²) in [6.07, 6.45) is 3.83. The maximum atomic E-state index is 12.3. The normalized spacial score (nSPS) is 20.7. The van der Waals surface area contributed by atoms with Crippen LogP contribution in [0.2, 0.25) is 0 Å². The molecule has 0 bridgehead atoms. The summed E-state index contributed by atoms with van der Waals surface area (Å²) in [4.78, 5) is 26.6. The number of anilines is 1. The number of likely N-dealkylation sites (tertiary alicyclic amines) is 1. The van der Waals surface area contributed by atoms with Crippen molar-refractivity contribution in [1.29, 1.82) is 0 Å². The lowest BCUT2D eigenvalue weighted by Crippen LogP contribution is -2.49. The second-order valence-corrected chi connectivity index (χ2v) is 6.62. The van der Waals surface area contributed by atoms with Crippen LogP contribution in [0.5, 0.6) is 0 Å². The number of hydrogen-bond acceptors (Lipinski definition) is 3. The van der Waals surface area contributed by atoms with Gasteiger partial charge in [0.2, 0.25) is 11.8 Å². The summed E-state index contributed by atoms with van der Waals surface area (Å²) in [5.41, 5.74) is 0.845. The Morgan fingerprint density at radius 2 is 1.74 bits per heavy atom. The van der Waals surface area contributed by atoms with E-state index in [2.05, 4.69) is 15.5 Å². The van der Waals surface area contributed by atoms with Gasteiger partial charge in [-0.05, 0) is 57.8 Å². The van der Waals surface area contributed by atoms with Crippen molar-refractivity contribution in [1.82, 2.24) is 10.2 Å². The molecule has 0 spiro atoms. The van der Waals surface area contributed by atoms with Gasteiger partial charge in [-0.1, -0.05) is 18.2 Å². The van der Waals surface area contributed by atoms with Gasteiger partial charge in [0.05, 0.1) is 6.04 Å². The molecule has 5 nitrogen and oxygen atoms in total. The molecular weight excluding hydrogens is 290 g/mol. The summed E-state index contributed by atoms with van der Waals surface area (Å²) in [5.74, 6) is 0.246. The number of carbonyl (C=O) groups excluding carboxylic acids is 2. The fourth-order valence-corrected chi connectivity index (χ4v) is 3.03. The molecule has 1 aromatic rings. The Bertz CT molecular complexity index is 549. The van der Waals surface area contributed by atoms with E-state index in [9.17, 15) is 9.59 Å². The molecule has 1 heterocycles. The lowest BCUT2D eigenvalue weighted by Gasteiger charge is -2.34. The van der Waals surface area contributed by atoms with Gasteiger partial charge in [0, 0.05) is 17.6 Å². The molecular formula is C18H25N3O2. The number of para-hydroxylation sites is 1. The van der Waals surface area contributed by atoms with Gasteiger partial charge in [-0.3, -0.25) is 14.5 Å². The molecule has 1 saturated carbocycles. The first-order valence-corrected chi connectivity index (χ1v) is 8.54.